The maximum absolute atomic E-state index is 12.3. The lowest BCUT2D eigenvalue weighted by molar-refractivity contribution is -0.384. The second kappa shape index (κ2) is 5.69. The van der Waals surface area contributed by atoms with Crippen LogP contribution in [0.5, 0.6) is 0 Å². The Hall–Kier alpha value is -2.93. The highest BCUT2D eigenvalue weighted by Gasteiger charge is 2.36. The molecule has 0 aromatic heterocycles. The number of nitro groups is 1. The second-order valence-corrected chi connectivity index (χ2v) is 5.25. The molecule has 0 radical (unpaired) electrons. The van der Waals surface area contributed by atoms with Crippen LogP contribution in [0.4, 0.5) is 11.4 Å². The number of hydrogen-bond donors (Lipinski definition) is 1. The molecule has 3 rings (SSSR count). The van der Waals surface area contributed by atoms with E-state index in [0.717, 1.165) is 11.0 Å². The number of nitro benzene ring substituents is 1. The summed E-state index contributed by atoms with van der Waals surface area (Å²) in [5, 5.41) is 14.2. The normalized spacial score (nSPS) is 13.2. The first-order valence-corrected chi connectivity index (χ1v) is 7.00. The number of nitrogens with one attached hydrogen (secondary N) is 1. The topological polar surface area (TPSA) is 92.5 Å². The van der Waals surface area contributed by atoms with Gasteiger partial charge in [-0.15, -0.1) is 0 Å². The van der Waals surface area contributed by atoms with E-state index in [9.17, 15) is 19.7 Å². The number of carbonyl (C=O) groups excluding carboxylic acids is 2. The van der Waals surface area contributed by atoms with E-state index in [1.807, 2.05) is 0 Å². The Morgan fingerprint density at radius 2 is 1.78 bits per heavy atom. The zero-order valence-corrected chi connectivity index (χ0v) is 12.4. The summed E-state index contributed by atoms with van der Waals surface area (Å²) < 4.78 is 0. The van der Waals surface area contributed by atoms with Crippen LogP contribution < -0.4 is 5.32 Å². The van der Waals surface area contributed by atoms with Gasteiger partial charge in [0.2, 0.25) is 0 Å². The first-order chi connectivity index (χ1) is 11.0. The summed E-state index contributed by atoms with van der Waals surface area (Å²) in [4.78, 5) is 35.7. The van der Waals surface area contributed by atoms with E-state index in [-0.39, 0.29) is 23.5 Å². The van der Waals surface area contributed by atoms with Gasteiger partial charge in [0, 0.05) is 12.1 Å². The highest BCUT2D eigenvalue weighted by molar-refractivity contribution is 6.33. The molecule has 0 saturated heterocycles. The van der Waals surface area contributed by atoms with Crippen molar-refractivity contribution in [3.8, 4) is 0 Å². The molecule has 2 aromatic rings. The van der Waals surface area contributed by atoms with Crippen LogP contribution >= 0.6 is 11.6 Å². The number of anilines is 1. The van der Waals surface area contributed by atoms with Gasteiger partial charge in [0.1, 0.15) is 0 Å². The fourth-order valence-electron chi connectivity index (χ4n) is 2.30. The Kier molecular flexibility index (Phi) is 3.71. The molecule has 23 heavy (non-hydrogen) atoms. The molecule has 0 spiro atoms. The maximum atomic E-state index is 12.3. The standard InChI is InChI=1S/C15H10ClN3O4/c16-12-3-1-2-4-13(12)17-8-18-14(20)10-6-5-9(19(22)23)7-11(10)15(18)21/h1-7,17H,8H2. The lowest BCUT2D eigenvalue weighted by atomic mass is 10.1. The number of fused-ring (bicyclic) bond motifs is 1. The largest absolute Gasteiger partial charge is 0.366 e. The minimum atomic E-state index is -0.608. The Morgan fingerprint density at radius 1 is 1.09 bits per heavy atom. The molecule has 0 atom stereocenters. The summed E-state index contributed by atoms with van der Waals surface area (Å²) in [6, 6.07) is 10.5. The molecular weight excluding hydrogens is 322 g/mol. The van der Waals surface area contributed by atoms with E-state index in [0.29, 0.717) is 10.7 Å². The number of halogens is 1. The molecule has 0 bridgehead atoms. The molecule has 1 aliphatic rings. The van der Waals surface area contributed by atoms with Crippen LogP contribution in [0.15, 0.2) is 42.5 Å². The van der Waals surface area contributed by atoms with Gasteiger partial charge in [-0.05, 0) is 18.2 Å². The summed E-state index contributed by atoms with van der Waals surface area (Å²) >= 11 is 6.00. The van der Waals surface area contributed by atoms with Crippen LogP contribution in [0.3, 0.4) is 0 Å². The molecule has 1 heterocycles. The predicted octanol–water partition coefficient (Wildman–Crippen LogP) is 2.91. The fraction of sp³-hybridized carbons (Fsp3) is 0.0667. The van der Waals surface area contributed by atoms with Gasteiger partial charge < -0.3 is 5.32 Å². The maximum Gasteiger partial charge on any atom is 0.270 e. The van der Waals surface area contributed by atoms with Gasteiger partial charge in [-0.2, -0.15) is 0 Å². The summed E-state index contributed by atoms with van der Waals surface area (Å²) in [6.07, 6.45) is 0. The molecule has 0 unspecified atom stereocenters. The summed E-state index contributed by atoms with van der Waals surface area (Å²) in [5.74, 6) is -1.08. The lowest BCUT2D eigenvalue weighted by Gasteiger charge is -2.16. The van der Waals surface area contributed by atoms with Crippen LogP contribution in [0.1, 0.15) is 20.7 Å². The van der Waals surface area contributed by atoms with E-state index >= 15 is 0 Å². The van der Waals surface area contributed by atoms with Crippen LogP contribution in [0.25, 0.3) is 0 Å². The third-order valence-corrected chi connectivity index (χ3v) is 3.80. The van der Waals surface area contributed by atoms with Gasteiger partial charge in [0.15, 0.2) is 0 Å². The van der Waals surface area contributed by atoms with E-state index < -0.39 is 16.7 Å². The van der Waals surface area contributed by atoms with Crippen LogP contribution in [-0.2, 0) is 0 Å². The number of imide groups is 1. The van der Waals surface area contributed by atoms with Crippen molar-refractivity contribution < 1.29 is 14.5 Å². The van der Waals surface area contributed by atoms with E-state index in [4.69, 9.17) is 11.6 Å². The molecule has 7 nitrogen and oxygen atoms in total. The zero-order valence-electron chi connectivity index (χ0n) is 11.7. The molecule has 0 fully saturated rings. The van der Waals surface area contributed by atoms with Crippen molar-refractivity contribution in [3.05, 3.63) is 68.7 Å². The minimum Gasteiger partial charge on any atom is -0.366 e. The number of hydrogen-bond acceptors (Lipinski definition) is 5. The van der Waals surface area contributed by atoms with E-state index in [1.54, 1.807) is 24.3 Å². The Bertz CT molecular complexity index is 837. The van der Waals surface area contributed by atoms with Gasteiger partial charge in [0.25, 0.3) is 17.5 Å². The first kappa shape index (κ1) is 15.0. The molecule has 1 N–H and O–H groups in total. The van der Waals surface area contributed by atoms with E-state index in [1.165, 1.54) is 12.1 Å². The van der Waals surface area contributed by atoms with Gasteiger partial charge >= 0.3 is 0 Å². The van der Waals surface area contributed by atoms with Crippen molar-refractivity contribution in [3.63, 3.8) is 0 Å². The number of benzene rings is 2. The molecule has 2 aromatic carbocycles. The van der Waals surface area contributed by atoms with Crippen molar-refractivity contribution in [2.75, 3.05) is 12.0 Å². The Labute approximate surface area is 135 Å². The SMILES string of the molecule is O=C1c2ccc([N+](=O)[O-])cc2C(=O)N1CNc1ccccc1Cl. The van der Waals surface area contributed by atoms with Gasteiger partial charge in [-0.25, -0.2) is 0 Å². The quantitative estimate of drug-likeness (QED) is 0.528. The van der Waals surface area contributed by atoms with Crippen LogP contribution in [-0.4, -0.2) is 28.3 Å². The first-order valence-electron chi connectivity index (χ1n) is 6.62. The van der Waals surface area contributed by atoms with Crippen molar-refractivity contribution in [2.45, 2.75) is 0 Å². The molecule has 2 amide bonds. The monoisotopic (exact) mass is 331 g/mol. The van der Waals surface area contributed by atoms with Crippen molar-refractivity contribution >= 4 is 34.8 Å². The molecular formula is C15H10ClN3O4. The van der Waals surface area contributed by atoms with E-state index in [2.05, 4.69) is 5.32 Å². The molecule has 8 heteroatoms. The number of amides is 2. The zero-order chi connectivity index (χ0) is 16.6. The molecule has 116 valence electrons. The van der Waals surface area contributed by atoms with Crippen molar-refractivity contribution in [1.82, 2.24) is 4.90 Å². The highest BCUT2D eigenvalue weighted by Crippen LogP contribution is 2.27. The number of carbonyl (C=O) groups is 2. The van der Waals surface area contributed by atoms with Crippen molar-refractivity contribution in [1.29, 1.82) is 0 Å². The number of nitrogens with zero attached hydrogens (tertiary/aromatic N) is 2. The number of non-ortho nitro benzene ring substituents is 1. The van der Waals surface area contributed by atoms with Crippen molar-refractivity contribution in [2.24, 2.45) is 0 Å². The Balaban J connectivity index is 1.83. The molecule has 0 saturated carbocycles. The summed E-state index contributed by atoms with van der Waals surface area (Å²) in [7, 11) is 0. The van der Waals surface area contributed by atoms with Crippen LogP contribution in [0, 0.1) is 10.1 Å². The Morgan fingerprint density at radius 3 is 2.48 bits per heavy atom. The third kappa shape index (κ3) is 2.62. The smallest absolute Gasteiger partial charge is 0.270 e. The third-order valence-electron chi connectivity index (χ3n) is 3.47. The fourth-order valence-corrected chi connectivity index (χ4v) is 2.51. The highest BCUT2D eigenvalue weighted by atomic mass is 35.5. The predicted molar refractivity (Wildman–Crippen MR) is 83.5 cm³/mol. The molecule has 1 aliphatic heterocycles. The number of rotatable bonds is 4. The van der Waals surface area contributed by atoms with Gasteiger partial charge in [0.05, 0.1) is 33.4 Å². The summed E-state index contributed by atoms with van der Waals surface area (Å²) in [6.45, 7) is -0.0795. The molecule has 0 aliphatic carbocycles. The van der Waals surface area contributed by atoms with Crippen LogP contribution in [0.2, 0.25) is 5.02 Å². The van der Waals surface area contributed by atoms with Gasteiger partial charge in [-0.3, -0.25) is 24.6 Å². The number of para-hydroxylation sites is 1. The lowest BCUT2D eigenvalue weighted by Crippen LogP contribution is -2.34. The average molecular weight is 332 g/mol. The van der Waals surface area contributed by atoms with Gasteiger partial charge in [-0.1, -0.05) is 23.7 Å². The minimum absolute atomic E-state index is 0.0326. The summed E-state index contributed by atoms with van der Waals surface area (Å²) in [5.41, 5.74) is 0.536. The second-order valence-electron chi connectivity index (χ2n) is 4.84. The average Bonchev–Trinajstić information content (AvgIpc) is 2.78.